The van der Waals surface area contributed by atoms with Gasteiger partial charge in [0.15, 0.2) is 0 Å². The zero-order chi connectivity index (χ0) is 12.1. The monoisotopic (exact) mass is 225 g/mol. The van der Waals surface area contributed by atoms with Gasteiger partial charge in [-0.25, -0.2) is 0 Å². The van der Waals surface area contributed by atoms with Crippen LogP contribution in [0.15, 0.2) is 12.2 Å². The molecule has 0 fully saturated rings. The molecule has 0 aromatic rings. The second-order valence-corrected chi connectivity index (χ2v) is 4.17. The molecule has 0 aliphatic rings. The standard InChI is InChI=1S/C14H25O2/c1-2-3-4-5-6-7-8-9-10-11-12-13-14(15)16/h5-6H,1-4,7-13H2,(H,15,16)/q-1/b6-5-. The van der Waals surface area contributed by atoms with Crippen molar-refractivity contribution in [1.29, 1.82) is 0 Å². The third kappa shape index (κ3) is 13.2. The molecule has 1 N–H and O–H groups in total. The van der Waals surface area contributed by atoms with E-state index in [-0.39, 0.29) is 0 Å². The fourth-order valence-electron chi connectivity index (χ4n) is 1.57. The van der Waals surface area contributed by atoms with Crippen LogP contribution in [0.3, 0.4) is 0 Å². The van der Waals surface area contributed by atoms with Crippen molar-refractivity contribution in [3.05, 3.63) is 19.1 Å². The maximum absolute atomic E-state index is 10.2. The third-order valence-electron chi connectivity index (χ3n) is 2.55. The molecule has 0 spiro atoms. The Morgan fingerprint density at radius 1 is 0.938 bits per heavy atom. The third-order valence-corrected chi connectivity index (χ3v) is 2.55. The molecule has 94 valence electrons. The van der Waals surface area contributed by atoms with Crippen molar-refractivity contribution >= 4 is 5.97 Å². The minimum atomic E-state index is -0.673. The van der Waals surface area contributed by atoms with Crippen LogP contribution in [0.25, 0.3) is 0 Å². The van der Waals surface area contributed by atoms with E-state index in [9.17, 15) is 4.79 Å². The molecule has 0 radical (unpaired) electrons. The van der Waals surface area contributed by atoms with E-state index in [1.165, 1.54) is 25.7 Å². The van der Waals surface area contributed by atoms with Crippen molar-refractivity contribution in [3.63, 3.8) is 0 Å². The molecular formula is C14H25O2-. The summed E-state index contributed by atoms with van der Waals surface area (Å²) in [7, 11) is 0. The summed E-state index contributed by atoms with van der Waals surface area (Å²) in [5.41, 5.74) is 0. The Labute approximate surface area is 99.7 Å². The minimum Gasteiger partial charge on any atom is -0.481 e. The topological polar surface area (TPSA) is 37.3 Å². The maximum atomic E-state index is 10.2. The van der Waals surface area contributed by atoms with E-state index in [1.54, 1.807) is 0 Å². The molecule has 0 bridgehead atoms. The normalized spacial score (nSPS) is 11.1. The zero-order valence-corrected chi connectivity index (χ0v) is 10.3. The number of unbranched alkanes of at least 4 members (excludes halogenated alkanes) is 7. The SMILES string of the molecule is [CH2-]CCC/C=C\CCCCCCCC(=O)O. The van der Waals surface area contributed by atoms with Gasteiger partial charge in [0.2, 0.25) is 0 Å². The van der Waals surface area contributed by atoms with Gasteiger partial charge in [-0.15, -0.1) is 0 Å². The Morgan fingerprint density at radius 2 is 1.50 bits per heavy atom. The molecule has 0 aliphatic carbocycles. The number of carboxylic acid groups (broad SMARTS) is 1. The van der Waals surface area contributed by atoms with Gasteiger partial charge in [-0.05, 0) is 25.7 Å². The van der Waals surface area contributed by atoms with Crippen molar-refractivity contribution in [3.8, 4) is 0 Å². The van der Waals surface area contributed by atoms with E-state index in [0.29, 0.717) is 6.42 Å². The van der Waals surface area contributed by atoms with Crippen molar-refractivity contribution in [2.24, 2.45) is 0 Å². The van der Waals surface area contributed by atoms with Crippen LogP contribution in [0, 0.1) is 6.92 Å². The van der Waals surface area contributed by atoms with Gasteiger partial charge < -0.3 is 12.0 Å². The first-order valence-electron chi connectivity index (χ1n) is 6.43. The van der Waals surface area contributed by atoms with Gasteiger partial charge in [-0.1, -0.05) is 37.8 Å². The number of hydrogen-bond donors (Lipinski definition) is 1. The summed E-state index contributed by atoms with van der Waals surface area (Å²) in [6.45, 7) is 3.80. The van der Waals surface area contributed by atoms with E-state index in [0.717, 1.165) is 32.1 Å². The highest BCUT2D eigenvalue weighted by molar-refractivity contribution is 5.66. The maximum Gasteiger partial charge on any atom is 0.303 e. The molecule has 16 heavy (non-hydrogen) atoms. The van der Waals surface area contributed by atoms with Gasteiger partial charge in [0.1, 0.15) is 0 Å². The molecule has 0 saturated heterocycles. The highest BCUT2D eigenvalue weighted by atomic mass is 16.4. The lowest BCUT2D eigenvalue weighted by Crippen LogP contribution is -1.93. The number of aliphatic carboxylic acids is 1. The predicted molar refractivity (Wildman–Crippen MR) is 68.3 cm³/mol. The van der Waals surface area contributed by atoms with Gasteiger partial charge in [0, 0.05) is 6.42 Å². The molecule has 0 aromatic carbocycles. The van der Waals surface area contributed by atoms with Crippen LogP contribution in [-0.4, -0.2) is 11.1 Å². The van der Waals surface area contributed by atoms with E-state index < -0.39 is 5.97 Å². The molecule has 0 atom stereocenters. The van der Waals surface area contributed by atoms with Crippen molar-refractivity contribution in [2.45, 2.75) is 64.2 Å². The summed E-state index contributed by atoms with van der Waals surface area (Å²) < 4.78 is 0. The second kappa shape index (κ2) is 12.3. The van der Waals surface area contributed by atoms with Gasteiger partial charge in [0.05, 0.1) is 0 Å². The lowest BCUT2D eigenvalue weighted by atomic mass is 10.1. The summed E-state index contributed by atoms with van der Waals surface area (Å²) in [6.07, 6.45) is 14.9. The van der Waals surface area contributed by atoms with Gasteiger partial charge in [-0.3, -0.25) is 4.79 Å². The number of carboxylic acids is 1. The Morgan fingerprint density at radius 3 is 2.12 bits per heavy atom. The van der Waals surface area contributed by atoms with E-state index in [4.69, 9.17) is 5.11 Å². The Hall–Kier alpha value is -0.790. The molecule has 2 heteroatoms. The number of hydrogen-bond acceptors (Lipinski definition) is 1. The smallest absolute Gasteiger partial charge is 0.303 e. The Balaban J connectivity index is 3.03. The molecule has 0 aliphatic heterocycles. The van der Waals surface area contributed by atoms with E-state index in [1.807, 2.05) is 0 Å². The number of rotatable bonds is 11. The molecule has 0 saturated carbocycles. The molecular weight excluding hydrogens is 200 g/mol. The summed E-state index contributed by atoms with van der Waals surface area (Å²) in [4.78, 5) is 10.2. The summed E-state index contributed by atoms with van der Waals surface area (Å²) in [5, 5.41) is 8.44. The van der Waals surface area contributed by atoms with Crippen LogP contribution in [0.1, 0.15) is 64.2 Å². The van der Waals surface area contributed by atoms with Gasteiger partial charge >= 0.3 is 5.97 Å². The molecule has 2 nitrogen and oxygen atoms in total. The first-order valence-corrected chi connectivity index (χ1v) is 6.43. The number of carbonyl (C=O) groups is 1. The van der Waals surface area contributed by atoms with Crippen LogP contribution in [0.2, 0.25) is 0 Å². The first-order chi connectivity index (χ1) is 7.77. The fraction of sp³-hybridized carbons (Fsp3) is 0.714. The highest BCUT2D eigenvalue weighted by Gasteiger charge is 1.95. The van der Waals surface area contributed by atoms with Crippen LogP contribution in [-0.2, 0) is 4.79 Å². The number of allylic oxidation sites excluding steroid dienone is 2. The largest absolute Gasteiger partial charge is 0.481 e. The van der Waals surface area contributed by atoms with Gasteiger partial charge in [0.25, 0.3) is 0 Å². The summed E-state index contributed by atoms with van der Waals surface area (Å²) in [6, 6.07) is 0. The summed E-state index contributed by atoms with van der Waals surface area (Å²) >= 11 is 0. The summed E-state index contributed by atoms with van der Waals surface area (Å²) in [5.74, 6) is -0.673. The fourth-order valence-corrected chi connectivity index (χ4v) is 1.57. The Kier molecular flexibility index (Phi) is 11.7. The first kappa shape index (κ1) is 15.2. The highest BCUT2D eigenvalue weighted by Crippen LogP contribution is 2.08. The molecule has 0 heterocycles. The lowest BCUT2D eigenvalue weighted by Gasteiger charge is -1.98. The van der Waals surface area contributed by atoms with Crippen molar-refractivity contribution < 1.29 is 9.90 Å². The van der Waals surface area contributed by atoms with Crippen LogP contribution >= 0.6 is 0 Å². The second-order valence-electron chi connectivity index (χ2n) is 4.17. The van der Waals surface area contributed by atoms with Crippen LogP contribution < -0.4 is 0 Å². The average Bonchev–Trinajstić information content (AvgIpc) is 2.25. The molecule has 0 rings (SSSR count). The van der Waals surface area contributed by atoms with E-state index in [2.05, 4.69) is 19.1 Å². The Bertz CT molecular complexity index is 185. The molecule has 0 aromatic heterocycles. The van der Waals surface area contributed by atoms with Gasteiger partial charge in [-0.2, -0.15) is 6.42 Å². The quantitative estimate of drug-likeness (QED) is 0.322. The predicted octanol–water partition coefficient (Wildman–Crippen LogP) is 4.36. The zero-order valence-electron chi connectivity index (χ0n) is 10.3. The van der Waals surface area contributed by atoms with Crippen molar-refractivity contribution in [1.82, 2.24) is 0 Å². The van der Waals surface area contributed by atoms with Crippen molar-refractivity contribution in [2.75, 3.05) is 0 Å². The lowest BCUT2D eigenvalue weighted by molar-refractivity contribution is -0.137. The average molecular weight is 225 g/mol. The van der Waals surface area contributed by atoms with Crippen LogP contribution in [0.4, 0.5) is 0 Å². The minimum absolute atomic E-state index is 0.324. The molecule has 0 unspecified atom stereocenters. The van der Waals surface area contributed by atoms with Crippen LogP contribution in [0.5, 0.6) is 0 Å². The van der Waals surface area contributed by atoms with E-state index >= 15 is 0 Å². The molecule has 0 amide bonds.